The van der Waals surface area contributed by atoms with Gasteiger partial charge in [0, 0.05) is 37.6 Å². The zero-order valence-electron chi connectivity index (χ0n) is 13.2. The van der Waals surface area contributed by atoms with Gasteiger partial charge in [-0.15, -0.1) is 0 Å². The summed E-state index contributed by atoms with van der Waals surface area (Å²) in [6, 6.07) is 3.32. The van der Waals surface area contributed by atoms with Crippen LogP contribution in [0.2, 0.25) is 0 Å². The molecule has 2 atom stereocenters. The molecule has 4 heteroatoms. The second-order valence-electron chi connectivity index (χ2n) is 6.61. The van der Waals surface area contributed by atoms with E-state index in [1.807, 2.05) is 18.5 Å². The molecule has 1 saturated heterocycles. The van der Waals surface area contributed by atoms with Gasteiger partial charge in [0.15, 0.2) is 0 Å². The summed E-state index contributed by atoms with van der Waals surface area (Å²) in [5, 5.41) is 3.93. The Hall–Kier alpha value is -1.16. The van der Waals surface area contributed by atoms with Gasteiger partial charge in [0.1, 0.15) is 0 Å². The van der Waals surface area contributed by atoms with Crippen LogP contribution >= 0.6 is 0 Å². The fourth-order valence-electron chi connectivity index (χ4n) is 3.85. The van der Waals surface area contributed by atoms with Crippen molar-refractivity contribution in [3.63, 3.8) is 0 Å². The molecule has 0 radical (unpaired) electrons. The van der Waals surface area contributed by atoms with Crippen LogP contribution in [0.3, 0.4) is 0 Å². The molecule has 1 saturated carbocycles. The maximum atomic E-state index is 4.36. The van der Waals surface area contributed by atoms with E-state index in [2.05, 4.69) is 27.1 Å². The average molecular weight is 288 g/mol. The number of nitrogens with zero attached hydrogens (tertiary/aromatic N) is 3. The van der Waals surface area contributed by atoms with E-state index in [1.54, 1.807) is 0 Å². The molecule has 1 aromatic rings. The summed E-state index contributed by atoms with van der Waals surface area (Å²) in [6.07, 6.45) is 13.1. The lowest BCUT2D eigenvalue weighted by atomic mass is 9.83. The van der Waals surface area contributed by atoms with E-state index in [9.17, 15) is 0 Å². The van der Waals surface area contributed by atoms with Crippen molar-refractivity contribution >= 4 is 5.95 Å². The molecule has 2 aliphatic rings. The monoisotopic (exact) mass is 288 g/mol. The van der Waals surface area contributed by atoms with Crippen molar-refractivity contribution in [2.24, 2.45) is 5.92 Å². The molecule has 2 fully saturated rings. The Bertz CT molecular complexity index is 414. The highest BCUT2D eigenvalue weighted by atomic mass is 15.3. The van der Waals surface area contributed by atoms with E-state index in [0.717, 1.165) is 31.0 Å². The third-order valence-electron chi connectivity index (χ3n) is 5.16. The van der Waals surface area contributed by atoms with E-state index >= 15 is 0 Å². The van der Waals surface area contributed by atoms with E-state index in [4.69, 9.17) is 0 Å². The van der Waals surface area contributed by atoms with Gasteiger partial charge < -0.3 is 10.2 Å². The average Bonchev–Trinajstić information content (AvgIpc) is 2.56. The molecule has 0 amide bonds. The van der Waals surface area contributed by atoms with Crippen molar-refractivity contribution in [1.29, 1.82) is 0 Å². The second kappa shape index (κ2) is 7.21. The van der Waals surface area contributed by atoms with Crippen LogP contribution in [0.1, 0.15) is 51.9 Å². The molecular weight excluding hydrogens is 260 g/mol. The maximum Gasteiger partial charge on any atom is 0.225 e. The number of anilines is 1. The van der Waals surface area contributed by atoms with Crippen molar-refractivity contribution in [2.75, 3.05) is 18.0 Å². The van der Waals surface area contributed by atoms with Gasteiger partial charge in [-0.05, 0) is 37.7 Å². The van der Waals surface area contributed by atoms with Crippen LogP contribution in [-0.4, -0.2) is 35.1 Å². The first-order valence-corrected chi connectivity index (χ1v) is 8.63. The second-order valence-corrected chi connectivity index (χ2v) is 6.61. The van der Waals surface area contributed by atoms with Crippen LogP contribution < -0.4 is 10.2 Å². The number of piperidine rings is 1. The molecule has 116 valence electrons. The molecule has 1 aliphatic carbocycles. The number of rotatable bonds is 4. The maximum absolute atomic E-state index is 4.36. The van der Waals surface area contributed by atoms with Crippen LogP contribution in [-0.2, 0) is 0 Å². The minimum atomic E-state index is 0.686. The molecule has 2 heterocycles. The fraction of sp³-hybridized carbons (Fsp3) is 0.765. The van der Waals surface area contributed by atoms with Crippen LogP contribution in [0.4, 0.5) is 5.95 Å². The number of aromatic nitrogens is 2. The van der Waals surface area contributed by atoms with Crippen molar-refractivity contribution in [2.45, 2.75) is 64.0 Å². The lowest BCUT2D eigenvalue weighted by Gasteiger charge is -2.37. The molecular formula is C17H28N4. The Kier molecular flexibility index (Phi) is 5.07. The highest BCUT2D eigenvalue weighted by Crippen LogP contribution is 2.27. The van der Waals surface area contributed by atoms with E-state index < -0.39 is 0 Å². The Morgan fingerprint density at radius 3 is 2.57 bits per heavy atom. The molecule has 0 aromatic carbocycles. The molecule has 1 aromatic heterocycles. The van der Waals surface area contributed by atoms with Crippen molar-refractivity contribution in [3.8, 4) is 0 Å². The lowest BCUT2D eigenvalue weighted by Crippen LogP contribution is -2.47. The Morgan fingerprint density at radius 2 is 1.86 bits per heavy atom. The van der Waals surface area contributed by atoms with Crippen molar-refractivity contribution in [3.05, 3.63) is 18.5 Å². The van der Waals surface area contributed by atoms with Crippen LogP contribution in [0.5, 0.6) is 0 Å². The normalized spacial score (nSPS) is 27.8. The first kappa shape index (κ1) is 14.8. The van der Waals surface area contributed by atoms with Gasteiger partial charge in [0.25, 0.3) is 0 Å². The zero-order chi connectivity index (χ0) is 14.5. The van der Waals surface area contributed by atoms with Gasteiger partial charge in [-0.2, -0.15) is 0 Å². The van der Waals surface area contributed by atoms with Gasteiger partial charge in [0.2, 0.25) is 5.95 Å². The highest BCUT2D eigenvalue weighted by Gasteiger charge is 2.26. The Morgan fingerprint density at radius 1 is 1.10 bits per heavy atom. The minimum absolute atomic E-state index is 0.686. The summed E-state index contributed by atoms with van der Waals surface area (Å²) < 4.78 is 0. The van der Waals surface area contributed by atoms with Crippen LogP contribution in [0.15, 0.2) is 18.5 Å². The van der Waals surface area contributed by atoms with Crippen molar-refractivity contribution in [1.82, 2.24) is 15.3 Å². The predicted molar refractivity (Wildman–Crippen MR) is 86.4 cm³/mol. The third-order valence-corrected chi connectivity index (χ3v) is 5.16. The van der Waals surface area contributed by atoms with Gasteiger partial charge in [-0.1, -0.05) is 26.2 Å². The largest absolute Gasteiger partial charge is 0.341 e. The number of nitrogens with one attached hydrogen (secondary N) is 1. The van der Waals surface area contributed by atoms with E-state index in [1.165, 1.54) is 44.9 Å². The number of hydrogen-bond donors (Lipinski definition) is 1. The fourth-order valence-corrected chi connectivity index (χ4v) is 3.85. The van der Waals surface area contributed by atoms with Gasteiger partial charge in [0.05, 0.1) is 0 Å². The highest BCUT2D eigenvalue weighted by molar-refractivity contribution is 5.29. The molecule has 3 rings (SSSR count). The smallest absolute Gasteiger partial charge is 0.225 e. The van der Waals surface area contributed by atoms with Gasteiger partial charge >= 0.3 is 0 Å². The first-order chi connectivity index (χ1) is 10.3. The van der Waals surface area contributed by atoms with Crippen molar-refractivity contribution < 1.29 is 0 Å². The summed E-state index contributed by atoms with van der Waals surface area (Å²) in [4.78, 5) is 11.0. The van der Waals surface area contributed by atoms with E-state index in [-0.39, 0.29) is 0 Å². The molecule has 4 nitrogen and oxygen atoms in total. The zero-order valence-corrected chi connectivity index (χ0v) is 13.2. The summed E-state index contributed by atoms with van der Waals surface area (Å²) >= 11 is 0. The van der Waals surface area contributed by atoms with Crippen LogP contribution in [0.25, 0.3) is 0 Å². The SMILES string of the molecule is CCC1CCCC(NC2CCN(c3ncccn3)CC2)C1. The van der Waals surface area contributed by atoms with Gasteiger partial charge in [-0.3, -0.25) is 0 Å². The van der Waals surface area contributed by atoms with Crippen LogP contribution in [0, 0.1) is 5.92 Å². The summed E-state index contributed by atoms with van der Waals surface area (Å²) in [7, 11) is 0. The molecule has 21 heavy (non-hydrogen) atoms. The van der Waals surface area contributed by atoms with Gasteiger partial charge in [-0.25, -0.2) is 9.97 Å². The third kappa shape index (κ3) is 3.94. The Labute approximate surface area is 128 Å². The topological polar surface area (TPSA) is 41.0 Å². The Balaban J connectivity index is 1.45. The predicted octanol–water partition coefficient (Wildman–Crippen LogP) is 3.00. The first-order valence-electron chi connectivity index (χ1n) is 8.63. The molecule has 2 unspecified atom stereocenters. The standard InChI is InChI=1S/C17H28N4/c1-2-14-5-3-6-16(13-14)20-15-7-11-21(12-8-15)17-18-9-4-10-19-17/h4,9-10,14-16,20H,2-3,5-8,11-13H2,1H3. The molecule has 0 spiro atoms. The van der Waals surface area contributed by atoms with E-state index in [0.29, 0.717) is 6.04 Å². The minimum Gasteiger partial charge on any atom is -0.341 e. The quantitative estimate of drug-likeness (QED) is 0.924. The molecule has 1 N–H and O–H groups in total. The molecule has 1 aliphatic heterocycles. The molecule has 0 bridgehead atoms. The number of hydrogen-bond acceptors (Lipinski definition) is 4. The summed E-state index contributed by atoms with van der Waals surface area (Å²) in [6.45, 7) is 4.49. The summed E-state index contributed by atoms with van der Waals surface area (Å²) in [5.41, 5.74) is 0. The summed E-state index contributed by atoms with van der Waals surface area (Å²) in [5.74, 6) is 1.84. The lowest BCUT2D eigenvalue weighted by molar-refractivity contribution is 0.249.